The number of para-hydroxylation sites is 1. The summed E-state index contributed by atoms with van der Waals surface area (Å²) in [4.78, 5) is 4.53. The number of nitrogens with zero attached hydrogens (tertiary/aromatic N) is 2. The highest BCUT2D eigenvalue weighted by molar-refractivity contribution is 5.37. The van der Waals surface area contributed by atoms with E-state index in [1.165, 1.54) is 5.56 Å². The van der Waals surface area contributed by atoms with E-state index >= 15 is 0 Å². The normalized spacial score (nSPS) is 18.9. The van der Waals surface area contributed by atoms with Gasteiger partial charge in [0.1, 0.15) is 11.6 Å². The van der Waals surface area contributed by atoms with Gasteiger partial charge in [-0.25, -0.2) is 4.98 Å². The number of hydrogen-bond acceptors (Lipinski definition) is 3. The van der Waals surface area contributed by atoms with Gasteiger partial charge >= 0.3 is 0 Å². The molecule has 0 fully saturated rings. The highest BCUT2D eigenvalue weighted by atomic mass is 16.5. The molecule has 0 amide bonds. The predicted octanol–water partition coefficient (Wildman–Crippen LogP) is 3.03. The van der Waals surface area contributed by atoms with Crippen LogP contribution >= 0.6 is 0 Å². The quantitative estimate of drug-likeness (QED) is 0.918. The lowest BCUT2D eigenvalue weighted by Gasteiger charge is -2.29. The van der Waals surface area contributed by atoms with E-state index in [1.54, 1.807) is 0 Å². The first-order chi connectivity index (χ1) is 10.3. The van der Waals surface area contributed by atoms with Gasteiger partial charge in [-0.2, -0.15) is 0 Å². The van der Waals surface area contributed by atoms with Crippen molar-refractivity contribution < 1.29 is 4.74 Å². The number of nitrogens with one attached hydrogen (secondary N) is 1. The molecule has 0 radical (unpaired) electrons. The highest BCUT2D eigenvalue weighted by Crippen LogP contribution is 2.38. The summed E-state index contributed by atoms with van der Waals surface area (Å²) < 4.78 is 7.88. The molecule has 0 aliphatic carbocycles. The minimum atomic E-state index is 0.283. The van der Waals surface area contributed by atoms with Crippen LogP contribution in [0.2, 0.25) is 0 Å². The van der Waals surface area contributed by atoms with E-state index in [0.717, 1.165) is 37.6 Å². The minimum Gasteiger partial charge on any atom is -0.493 e. The Bertz CT molecular complexity index is 593. The molecule has 2 aromatic rings. The first-order valence-electron chi connectivity index (χ1n) is 7.72. The predicted molar refractivity (Wildman–Crippen MR) is 83.5 cm³/mol. The number of imidazole rings is 1. The van der Waals surface area contributed by atoms with Crippen molar-refractivity contribution in [1.29, 1.82) is 0 Å². The van der Waals surface area contributed by atoms with Crippen LogP contribution in [0.1, 0.15) is 43.1 Å². The number of hydrogen-bond donors (Lipinski definition) is 1. The second-order valence-corrected chi connectivity index (χ2v) is 5.61. The van der Waals surface area contributed by atoms with E-state index in [-0.39, 0.29) is 6.04 Å². The van der Waals surface area contributed by atoms with Crippen molar-refractivity contribution in [3.63, 3.8) is 0 Å². The Morgan fingerprint density at radius 1 is 1.43 bits per heavy atom. The third-order valence-corrected chi connectivity index (χ3v) is 4.22. The summed E-state index contributed by atoms with van der Waals surface area (Å²) in [5.41, 5.74) is 1.33. The molecule has 0 bridgehead atoms. The van der Waals surface area contributed by atoms with Gasteiger partial charge in [0.2, 0.25) is 0 Å². The first-order valence-corrected chi connectivity index (χ1v) is 7.72. The summed E-state index contributed by atoms with van der Waals surface area (Å²) in [7, 11) is 2.06. The zero-order valence-electron chi connectivity index (χ0n) is 12.7. The van der Waals surface area contributed by atoms with Crippen molar-refractivity contribution in [2.75, 3.05) is 13.2 Å². The van der Waals surface area contributed by atoms with Gasteiger partial charge in [-0.3, -0.25) is 0 Å². The van der Waals surface area contributed by atoms with Gasteiger partial charge in [-0.05, 0) is 36.9 Å². The number of benzene rings is 1. The molecule has 1 aromatic carbocycles. The molecule has 1 aliphatic heterocycles. The van der Waals surface area contributed by atoms with Gasteiger partial charge in [0.05, 0.1) is 12.6 Å². The Balaban J connectivity index is 1.83. The molecule has 0 saturated carbocycles. The largest absolute Gasteiger partial charge is 0.493 e. The minimum absolute atomic E-state index is 0.283. The van der Waals surface area contributed by atoms with Crippen LogP contribution < -0.4 is 10.1 Å². The Morgan fingerprint density at radius 3 is 3.05 bits per heavy atom. The van der Waals surface area contributed by atoms with Crippen molar-refractivity contribution in [3.05, 3.63) is 48.0 Å². The van der Waals surface area contributed by atoms with Crippen molar-refractivity contribution in [1.82, 2.24) is 14.9 Å². The Labute approximate surface area is 126 Å². The molecule has 21 heavy (non-hydrogen) atoms. The molecule has 112 valence electrons. The molecule has 1 aromatic heterocycles. The molecule has 0 spiro atoms. The number of ether oxygens (including phenoxy) is 1. The summed E-state index contributed by atoms with van der Waals surface area (Å²) in [6, 6.07) is 8.70. The van der Waals surface area contributed by atoms with Crippen LogP contribution in [0.3, 0.4) is 0 Å². The zero-order chi connectivity index (χ0) is 14.7. The van der Waals surface area contributed by atoms with Gasteiger partial charge in [0, 0.05) is 19.4 Å². The lowest BCUT2D eigenvalue weighted by molar-refractivity contribution is 0.254. The van der Waals surface area contributed by atoms with Crippen molar-refractivity contribution in [2.24, 2.45) is 7.05 Å². The molecule has 0 saturated heterocycles. The molecule has 1 N–H and O–H groups in total. The maximum atomic E-state index is 5.77. The summed E-state index contributed by atoms with van der Waals surface area (Å²) >= 11 is 0. The molecule has 4 nitrogen and oxygen atoms in total. The average molecular weight is 285 g/mol. The maximum absolute atomic E-state index is 5.77. The Kier molecular flexibility index (Phi) is 4.25. The topological polar surface area (TPSA) is 39.1 Å². The van der Waals surface area contributed by atoms with Gasteiger partial charge < -0.3 is 14.6 Å². The van der Waals surface area contributed by atoms with Crippen LogP contribution in [-0.2, 0) is 7.05 Å². The van der Waals surface area contributed by atoms with E-state index in [4.69, 9.17) is 4.74 Å². The van der Waals surface area contributed by atoms with Gasteiger partial charge in [0.25, 0.3) is 0 Å². The zero-order valence-corrected chi connectivity index (χ0v) is 12.7. The van der Waals surface area contributed by atoms with Crippen molar-refractivity contribution in [2.45, 2.75) is 31.7 Å². The highest BCUT2D eigenvalue weighted by Gasteiger charge is 2.26. The number of fused-ring (bicyclic) bond motifs is 1. The smallest absolute Gasteiger partial charge is 0.125 e. The summed E-state index contributed by atoms with van der Waals surface area (Å²) in [6.07, 6.45) is 6.01. The van der Waals surface area contributed by atoms with Crippen LogP contribution in [0.5, 0.6) is 5.75 Å². The SMILES string of the molecule is CCNC(CC1CCOc2ccccc21)c1nccn1C. The number of rotatable bonds is 5. The van der Waals surface area contributed by atoms with Gasteiger partial charge in [0.15, 0.2) is 0 Å². The van der Waals surface area contributed by atoms with Crippen molar-refractivity contribution >= 4 is 0 Å². The second-order valence-electron chi connectivity index (χ2n) is 5.61. The van der Waals surface area contributed by atoms with Gasteiger partial charge in [-0.1, -0.05) is 25.1 Å². The lowest BCUT2D eigenvalue weighted by Crippen LogP contribution is -2.27. The maximum Gasteiger partial charge on any atom is 0.125 e. The van der Waals surface area contributed by atoms with Crippen LogP contribution in [0.15, 0.2) is 36.7 Å². The molecule has 2 unspecified atom stereocenters. The number of aryl methyl sites for hydroxylation is 1. The average Bonchev–Trinajstić information content (AvgIpc) is 2.93. The summed E-state index contributed by atoms with van der Waals surface area (Å²) in [6.45, 7) is 3.90. The standard InChI is InChI=1S/C17H23N3O/c1-3-18-15(17-19-9-10-20(17)2)12-13-8-11-21-16-7-5-4-6-14(13)16/h4-7,9-10,13,15,18H,3,8,11-12H2,1-2H3. The van der Waals surface area contributed by atoms with E-state index in [2.05, 4.69) is 47.0 Å². The molecule has 2 atom stereocenters. The molecular formula is C17H23N3O. The van der Waals surface area contributed by atoms with E-state index in [9.17, 15) is 0 Å². The van der Waals surface area contributed by atoms with Crippen LogP contribution in [0.4, 0.5) is 0 Å². The third kappa shape index (κ3) is 2.95. The van der Waals surface area contributed by atoms with E-state index in [1.807, 2.05) is 18.5 Å². The van der Waals surface area contributed by atoms with Crippen molar-refractivity contribution in [3.8, 4) is 5.75 Å². The molecule has 1 aliphatic rings. The van der Waals surface area contributed by atoms with E-state index in [0.29, 0.717) is 5.92 Å². The van der Waals surface area contributed by atoms with Crippen LogP contribution in [0.25, 0.3) is 0 Å². The number of aromatic nitrogens is 2. The van der Waals surface area contributed by atoms with E-state index < -0.39 is 0 Å². The summed E-state index contributed by atoms with van der Waals surface area (Å²) in [5.74, 6) is 2.68. The monoisotopic (exact) mass is 285 g/mol. The summed E-state index contributed by atoms with van der Waals surface area (Å²) in [5, 5.41) is 3.58. The molecular weight excluding hydrogens is 262 g/mol. The molecule has 4 heteroatoms. The fraction of sp³-hybridized carbons (Fsp3) is 0.471. The van der Waals surface area contributed by atoms with Crippen LogP contribution in [0, 0.1) is 0 Å². The fourth-order valence-corrected chi connectivity index (χ4v) is 3.18. The Morgan fingerprint density at radius 2 is 2.29 bits per heavy atom. The first kappa shape index (κ1) is 14.1. The molecule has 2 heterocycles. The Hall–Kier alpha value is -1.81. The third-order valence-electron chi connectivity index (χ3n) is 4.22. The molecule has 3 rings (SSSR count). The second kappa shape index (κ2) is 6.31. The lowest BCUT2D eigenvalue weighted by atomic mass is 9.87. The van der Waals surface area contributed by atoms with Gasteiger partial charge in [-0.15, -0.1) is 0 Å². The van der Waals surface area contributed by atoms with Crippen LogP contribution in [-0.4, -0.2) is 22.7 Å². The fourth-order valence-electron chi connectivity index (χ4n) is 3.18.